The van der Waals surface area contributed by atoms with Gasteiger partial charge in [0.15, 0.2) is 5.58 Å². The molecule has 4 rings (SSSR count). The highest BCUT2D eigenvalue weighted by molar-refractivity contribution is 5.82. The second kappa shape index (κ2) is 8.63. The first-order valence-electron chi connectivity index (χ1n) is 11.0. The number of furan rings is 1. The van der Waals surface area contributed by atoms with Gasteiger partial charge in [0.1, 0.15) is 17.9 Å². The summed E-state index contributed by atoms with van der Waals surface area (Å²) in [7, 11) is 0. The number of aryl methyl sites for hydroxylation is 1. The predicted molar refractivity (Wildman–Crippen MR) is 116 cm³/mol. The number of aromatic nitrogens is 3. The van der Waals surface area contributed by atoms with Crippen molar-refractivity contribution in [2.45, 2.75) is 71.5 Å². The molecule has 1 aliphatic heterocycles. The Morgan fingerprint density at radius 2 is 2.03 bits per heavy atom. The number of amides is 1. The third kappa shape index (κ3) is 3.88. The number of hydrogen-bond donors (Lipinski definition) is 1. The molecule has 0 radical (unpaired) electrons. The van der Waals surface area contributed by atoms with Crippen molar-refractivity contribution in [3.8, 4) is 0 Å². The van der Waals surface area contributed by atoms with Gasteiger partial charge in [-0.2, -0.15) is 5.10 Å². The van der Waals surface area contributed by atoms with E-state index in [4.69, 9.17) is 4.42 Å². The molecule has 1 N–H and O–H groups in total. The fourth-order valence-electron chi connectivity index (χ4n) is 4.66. The Bertz CT molecular complexity index is 1090. The Kier molecular flexibility index (Phi) is 5.94. The van der Waals surface area contributed by atoms with E-state index >= 15 is 0 Å². The molecule has 0 saturated carbocycles. The van der Waals surface area contributed by atoms with Gasteiger partial charge in [0, 0.05) is 43.7 Å². The van der Waals surface area contributed by atoms with Gasteiger partial charge >= 0.3 is 0 Å². The van der Waals surface area contributed by atoms with Crippen molar-refractivity contribution in [3.05, 3.63) is 34.6 Å². The summed E-state index contributed by atoms with van der Waals surface area (Å²) >= 11 is 0. The molecule has 1 saturated heterocycles. The minimum Gasteiger partial charge on any atom is -0.463 e. The molecule has 1 fully saturated rings. The second-order valence-corrected chi connectivity index (χ2v) is 8.34. The van der Waals surface area contributed by atoms with Gasteiger partial charge in [-0.1, -0.05) is 13.3 Å². The summed E-state index contributed by atoms with van der Waals surface area (Å²) in [4.78, 5) is 27.8. The van der Waals surface area contributed by atoms with Crippen molar-refractivity contribution in [2.24, 2.45) is 0 Å². The first-order valence-corrected chi connectivity index (χ1v) is 11.0. The fourth-order valence-corrected chi connectivity index (χ4v) is 4.66. The zero-order valence-corrected chi connectivity index (χ0v) is 18.1. The molecule has 1 aliphatic rings. The van der Waals surface area contributed by atoms with Crippen LogP contribution in [-0.2, 0) is 17.8 Å². The lowest BCUT2D eigenvalue weighted by molar-refractivity contribution is -0.121. The molecule has 1 amide bonds. The monoisotopic (exact) mass is 413 g/mol. The van der Waals surface area contributed by atoms with E-state index in [9.17, 15) is 9.59 Å². The molecule has 3 aromatic heterocycles. The number of hydrogen-bond acceptors (Lipinski definition) is 5. The molecule has 0 bridgehead atoms. The van der Waals surface area contributed by atoms with Crippen LogP contribution in [0.15, 0.2) is 27.6 Å². The highest BCUT2D eigenvalue weighted by Crippen LogP contribution is 2.22. The van der Waals surface area contributed by atoms with E-state index in [1.54, 1.807) is 12.3 Å². The Labute approximate surface area is 175 Å². The van der Waals surface area contributed by atoms with Crippen LogP contribution in [0.4, 0.5) is 0 Å². The summed E-state index contributed by atoms with van der Waals surface area (Å²) in [5.41, 5.74) is 1.66. The van der Waals surface area contributed by atoms with Crippen LogP contribution in [0.1, 0.15) is 52.3 Å². The van der Waals surface area contributed by atoms with E-state index in [2.05, 4.69) is 29.2 Å². The van der Waals surface area contributed by atoms with Gasteiger partial charge in [-0.25, -0.2) is 4.68 Å². The largest absolute Gasteiger partial charge is 0.463 e. The van der Waals surface area contributed by atoms with Crippen LogP contribution in [0.25, 0.3) is 16.6 Å². The van der Waals surface area contributed by atoms with Crippen LogP contribution in [0, 0.1) is 0 Å². The van der Waals surface area contributed by atoms with E-state index in [0.717, 1.165) is 24.3 Å². The molecule has 2 atom stereocenters. The maximum Gasteiger partial charge on any atom is 0.291 e. The molecule has 4 heterocycles. The quantitative estimate of drug-likeness (QED) is 0.602. The van der Waals surface area contributed by atoms with Gasteiger partial charge in [0.05, 0.1) is 11.8 Å². The Balaban J connectivity index is 1.39. The number of piperidine rings is 1. The van der Waals surface area contributed by atoms with E-state index in [1.165, 1.54) is 23.9 Å². The van der Waals surface area contributed by atoms with Crippen molar-refractivity contribution < 1.29 is 9.21 Å². The maximum absolute atomic E-state index is 12.9. The second-order valence-electron chi connectivity index (χ2n) is 8.34. The number of nitrogens with one attached hydrogen (secondary N) is 1. The summed E-state index contributed by atoms with van der Waals surface area (Å²) in [6, 6.07) is 4.75. The van der Waals surface area contributed by atoms with Crippen LogP contribution in [0.2, 0.25) is 0 Å². The summed E-state index contributed by atoms with van der Waals surface area (Å²) in [5, 5.41) is 7.38. The minimum atomic E-state index is -0.287. The minimum absolute atomic E-state index is 0.0780. The Morgan fingerprint density at radius 3 is 2.77 bits per heavy atom. The molecule has 8 heteroatoms. The average molecular weight is 414 g/mol. The first-order chi connectivity index (χ1) is 14.5. The lowest BCUT2D eigenvalue weighted by atomic mass is 9.97. The summed E-state index contributed by atoms with van der Waals surface area (Å²) in [6.07, 6.45) is 6.93. The molecule has 0 aromatic carbocycles. The third-order valence-electron chi connectivity index (χ3n) is 6.27. The molecule has 0 aliphatic carbocycles. The van der Waals surface area contributed by atoms with Crippen LogP contribution in [0.5, 0.6) is 0 Å². The number of carbonyl (C=O) groups excluding carboxylic acids is 1. The lowest BCUT2D eigenvalue weighted by Gasteiger charge is -2.39. The molecular formula is C22H31N5O3. The Morgan fingerprint density at radius 1 is 1.27 bits per heavy atom. The van der Waals surface area contributed by atoms with Gasteiger partial charge in [0.25, 0.3) is 5.56 Å². The van der Waals surface area contributed by atoms with Crippen LogP contribution >= 0.6 is 0 Å². The lowest BCUT2D eigenvalue weighted by Crippen LogP contribution is -2.45. The van der Waals surface area contributed by atoms with Gasteiger partial charge in [-0.05, 0) is 33.1 Å². The zero-order chi connectivity index (χ0) is 21.3. The number of rotatable bonds is 7. The number of likely N-dealkylation sites (tertiary alicyclic amines) is 1. The van der Waals surface area contributed by atoms with Crippen LogP contribution in [0.3, 0.4) is 0 Å². The van der Waals surface area contributed by atoms with E-state index in [0.29, 0.717) is 36.1 Å². The number of carbonyl (C=O) groups is 1. The molecular weight excluding hydrogens is 382 g/mol. The van der Waals surface area contributed by atoms with Crippen molar-refractivity contribution in [1.29, 1.82) is 0 Å². The molecule has 30 heavy (non-hydrogen) atoms. The average Bonchev–Trinajstić information content (AvgIpc) is 3.31. The predicted octanol–water partition coefficient (Wildman–Crippen LogP) is 2.57. The zero-order valence-electron chi connectivity index (χ0n) is 18.1. The van der Waals surface area contributed by atoms with Gasteiger partial charge < -0.3 is 9.73 Å². The van der Waals surface area contributed by atoms with Gasteiger partial charge in [-0.3, -0.25) is 18.9 Å². The van der Waals surface area contributed by atoms with Gasteiger partial charge in [-0.15, -0.1) is 0 Å². The summed E-state index contributed by atoms with van der Waals surface area (Å²) < 4.78 is 8.51. The maximum atomic E-state index is 12.9. The smallest absolute Gasteiger partial charge is 0.291 e. The molecule has 2 unspecified atom stereocenters. The molecule has 3 aromatic rings. The topological polar surface area (TPSA) is 84.8 Å². The van der Waals surface area contributed by atoms with E-state index in [1.807, 2.05) is 17.4 Å². The highest BCUT2D eigenvalue weighted by atomic mass is 16.3. The summed E-state index contributed by atoms with van der Waals surface area (Å²) in [6.45, 7) is 8.05. The molecule has 0 spiro atoms. The van der Waals surface area contributed by atoms with Crippen molar-refractivity contribution >= 4 is 22.5 Å². The standard InChI is InChI=1S/C22H31N5O3/c1-4-20-24-26(22(29)18-13-19-17(27(18)20)9-12-30-19)14-21(28)23-10-6-11-25-15(2)7-5-8-16(25)3/h9,12-13,15-16H,4-8,10-11,14H2,1-3H3,(H,23,28). The van der Waals surface area contributed by atoms with Crippen molar-refractivity contribution in [1.82, 2.24) is 24.4 Å². The van der Waals surface area contributed by atoms with Crippen LogP contribution < -0.4 is 10.9 Å². The summed E-state index contributed by atoms with van der Waals surface area (Å²) in [5.74, 6) is 0.535. The van der Waals surface area contributed by atoms with E-state index in [-0.39, 0.29) is 18.0 Å². The van der Waals surface area contributed by atoms with E-state index < -0.39 is 0 Å². The Hall–Kier alpha value is -2.61. The first kappa shape index (κ1) is 20.7. The third-order valence-corrected chi connectivity index (χ3v) is 6.27. The normalized spacial score (nSPS) is 20.2. The number of nitrogens with zero attached hydrogens (tertiary/aromatic N) is 4. The van der Waals surface area contributed by atoms with Crippen molar-refractivity contribution in [3.63, 3.8) is 0 Å². The highest BCUT2D eigenvalue weighted by Gasteiger charge is 2.23. The molecule has 8 nitrogen and oxygen atoms in total. The molecule has 162 valence electrons. The SMILES string of the molecule is CCc1nn(CC(=O)NCCCN2C(C)CCCC2C)c(=O)c2cc3occc3n12. The van der Waals surface area contributed by atoms with Crippen LogP contribution in [-0.4, -0.2) is 50.2 Å². The van der Waals surface area contributed by atoms with Gasteiger partial charge in [0.2, 0.25) is 5.91 Å². The van der Waals surface area contributed by atoms with Crippen molar-refractivity contribution in [2.75, 3.05) is 13.1 Å². The fraction of sp³-hybridized carbons (Fsp3) is 0.591. The number of fused-ring (bicyclic) bond motifs is 3.